The summed E-state index contributed by atoms with van der Waals surface area (Å²) in [4.78, 5) is 22.7. The Bertz CT molecular complexity index is 402. The van der Waals surface area contributed by atoms with Gasteiger partial charge >= 0.3 is 11.9 Å². The number of unbranched alkanes of at least 4 members (excludes halogenated alkanes) is 17. The largest absolute Gasteiger partial charge is 0.465 e. The predicted molar refractivity (Wildman–Crippen MR) is 152 cm³/mol. The molecule has 2 atom stereocenters. The zero-order chi connectivity index (χ0) is 23.9. The number of hydrogen-bond donors (Lipinski definition) is 0. The lowest BCUT2D eigenvalue weighted by Crippen LogP contribution is -2.14. The second-order valence-corrected chi connectivity index (χ2v) is 12.7. The molecule has 0 aromatic carbocycles. The quantitative estimate of drug-likeness (QED) is 0.0470. The molecule has 0 aromatic heterocycles. The van der Waals surface area contributed by atoms with Gasteiger partial charge in [-0.1, -0.05) is 148 Å². The van der Waals surface area contributed by atoms with Crippen molar-refractivity contribution in [3.8, 4) is 0 Å². The van der Waals surface area contributed by atoms with Gasteiger partial charge in [0.25, 0.3) is 0 Å². The van der Waals surface area contributed by atoms with Gasteiger partial charge in [-0.3, -0.25) is 9.59 Å². The highest BCUT2D eigenvalue weighted by Crippen LogP contribution is 2.14. The van der Waals surface area contributed by atoms with Crippen molar-refractivity contribution < 1.29 is 19.1 Å². The molecular formula is C26H48I2O4. The Morgan fingerprint density at radius 3 is 0.844 bits per heavy atom. The number of rotatable bonds is 23. The number of halogens is 2. The molecule has 0 N–H and O–H groups in total. The molecule has 0 saturated carbocycles. The number of hydrogen-bond acceptors (Lipinski definition) is 4. The molecule has 0 bridgehead atoms. The van der Waals surface area contributed by atoms with Crippen LogP contribution in [0, 0.1) is 0 Å². The smallest absolute Gasteiger partial charge is 0.318 e. The lowest BCUT2D eigenvalue weighted by Gasteiger charge is -2.06. The molecular weight excluding hydrogens is 630 g/mol. The van der Waals surface area contributed by atoms with E-state index in [0.717, 1.165) is 12.8 Å². The van der Waals surface area contributed by atoms with Gasteiger partial charge in [0.15, 0.2) is 0 Å². The number of esters is 2. The van der Waals surface area contributed by atoms with E-state index in [9.17, 15) is 9.59 Å². The van der Waals surface area contributed by atoms with Crippen LogP contribution in [0.5, 0.6) is 0 Å². The summed E-state index contributed by atoms with van der Waals surface area (Å²) in [6, 6.07) is 0. The highest BCUT2D eigenvalue weighted by Gasteiger charge is 2.09. The summed E-state index contributed by atoms with van der Waals surface area (Å²) in [6.07, 6.45) is 23.3. The van der Waals surface area contributed by atoms with Crippen LogP contribution in [0.3, 0.4) is 0 Å². The van der Waals surface area contributed by atoms with E-state index in [1.807, 2.05) is 13.8 Å². The first kappa shape index (κ1) is 32.4. The monoisotopic (exact) mass is 678 g/mol. The van der Waals surface area contributed by atoms with Crippen LogP contribution >= 0.6 is 45.2 Å². The molecule has 0 aliphatic carbocycles. The van der Waals surface area contributed by atoms with Crippen LogP contribution in [0.25, 0.3) is 0 Å². The van der Waals surface area contributed by atoms with Gasteiger partial charge in [-0.25, -0.2) is 0 Å². The summed E-state index contributed by atoms with van der Waals surface area (Å²) in [5.74, 6) is -0.167. The first-order valence-corrected chi connectivity index (χ1v) is 15.6. The molecule has 32 heavy (non-hydrogen) atoms. The highest BCUT2D eigenvalue weighted by atomic mass is 127. The van der Waals surface area contributed by atoms with Crippen LogP contribution in [0.15, 0.2) is 0 Å². The summed E-state index contributed by atoms with van der Waals surface area (Å²) in [5.41, 5.74) is 0. The molecule has 2 unspecified atom stereocenters. The number of carbonyl (C=O) groups excluding carboxylic acids is 2. The van der Waals surface area contributed by atoms with E-state index >= 15 is 0 Å². The minimum atomic E-state index is -0.0833. The van der Waals surface area contributed by atoms with Gasteiger partial charge < -0.3 is 9.47 Å². The Kier molecular flexibility index (Phi) is 24.8. The zero-order valence-electron chi connectivity index (χ0n) is 20.7. The van der Waals surface area contributed by atoms with Crippen molar-refractivity contribution in [2.24, 2.45) is 0 Å². The SMILES string of the molecule is CC(I)C(=O)OCCCCCCCCCCCCCCCCCCCCOC(=O)C(C)I. The Labute approximate surface area is 225 Å². The molecule has 6 heteroatoms. The Morgan fingerprint density at radius 2 is 0.656 bits per heavy atom. The minimum absolute atomic E-state index is 0.0386. The summed E-state index contributed by atoms with van der Waals surface area (Å²) in [6.45, 7) is 4.91. The average Bonchev–Trinajstić information content (AvgIpc) is 2.76. The van der Waals surface area contributed by atoms with E-state index in [1.54, 1.807) is 0 Å². The van der Waals surface area contributed by atoms with Crippen LogP contribution in [-0.4, -0.2) is 33.0 Å². The van der Waals surface area contributed by atoms with Crippen molar-refractivity contribution in [1.82, 2.24) is 0 Å². The predicted octanol–water partition coefficient (Wildman–Crippen LogP) is 8.74. The molecule has 0 amide bonds. The van der Waals surface area contributed by atoms with Crippen LogP contribution < -0.4 is 0 Å². The second kappa shape index (κ2) is 24.5. The lowest BCUT2D eigenvalue weighted by atomic mass is 10.0. The van der Waals surface area contributed by atoms with Gasteiger partial charge in [0.05, 0.1) is 13.2 Å². The lowest BCUT2D eigenvalue weighted by molar-refractivity contribution is -0.143. The van der Waals surface area contributed by atoms with Crippen molar-refractivity contribution in [3.05, 3.63) is 0 Å². The van der Waals surface area contributed by atoms with Crippen molar-refractivity contribution in [3.63, 3.8) is 0 Å². The summed E-state index contributed by atoms with van der Waals surface area (Å²) in [7, 11) is 0. The van der Waals surface area contributed by atoms with Crippen molar-refractivity contribution >= 4 is 57.1 Å². The van der Waals surface area contributed by atoms with Gasteiger partial charge in [0, 0.05) is 0 Å². The zero-order valence-corrected chi connectivity index (χ0v) is 25.0. The third-order valence-corrected chi connectivity index (χ3v) is 6.69. The summed E-state index contributed by atoms with van der Waals surface area (Å²) >= 11 is 4.19. The topological polar surface area (TPSA) is 52.6 Å². The van der Waals surface area contributed by atoms with Crippen molar-refractivity contribution in [2.75, 3.05) is 13.2 Å². The maximum Gasteiger partial charge on any atom is 0.318 e. The maximum absolute atomic E-state index is 11.3. The molecule has 190 valence electrons. The van der Waals surface area contributed by atoms with Crippen LogP contribution in [0.4, 0.5) is 0 Å². The first-order chi connectivity index (χ1) is 15.4. The summed E-state index contributed by atoms with van der Waals surface area (Å²) in [5, 5.41) is 0. The minimum Gasteiger partial charge on any atom is -0.465 e. The van der Waals surface area contributed by atoms with Crippen molar-refractivity contribution in [2.45, 2.75) is 137 Å². The van der Waals surface area contributed by atoms with E-state index in [4.69, 9.17) is 9.47 Å². The Morgan fingerprint density at radius 1 is 0.469 bits per heavy atom. The molecule has 0 aromatic rings. The average molecular weight is 678 g/mol. The molecule has 0 aliphatic rings. The van der Waals surface area contributed by atoms with Crippen LogP contribution in [0.1, 0.15) is 129 Å². The third-order valence-electron chi connectivity index (χ3n) is 5.68. The fourth-order valence-electron chi connectivity index (χ4n) is 3.61. The molecule has 0 fully saturated rings. The fourth-order valence-corrected chi connectivity index (χ4v) is 3.97. The van der Waals surface area contributed by atoms with Crippen molar-refractivity contribution in [1.29, 1.82) is 0 Å². The molecule has 0 spiro atoms. The van der Waals surface area contributed by atoms with E-state index in [-0.39, 0.29) is 19.8 Å². The normalized spacial score (nSPS) is 13.0. The van der Waals surface area contributed by atoms with Gasteiger partial charge in [-0.2, -0.15) is 0 Å². The Balaban J connectivity index is 3.11. The van der Waals surface area contributed by atoms with E-state index in [2.05, 4.69) is 45.2 Å². The molecule has 4 nitrogen and oxygen atoms in total. The first-order valence-electron chi connectivity index (χ1n) is 13.1. The fraction of sp³-hybridized carbons (Fsp3) is 0.923. The molecule has 0 heterocycles. The van der Waals surface area contributed by atoms with Gasteiger partial charge in [0.1, 0.15) is 7.85 Å². The third kappa shape index (κ3) is 23.6. The van der Waals surface area contributed by atoms with E-state index in [0.29, 0.717) is 13.2 Å². The molecule has 0 aliphatic heterocycles. The number of carbonyl (C=O) groups is 2. The van der Waals surface area contributed by atoms with Gasteiger partial charge in [-0.15, -0.1) is 0 Å². The highest BCUT2D eigenvalue weighted by molar-refractivity contribution is 14.1. The van der Waals surface area contributed by atoms with Gasteiger partial charge in [-0.05, 0) is 26.7 Å². The van der Waals surface area contributed by atoms with E-state index < -0.39 is 0 Å². The number of ether oxygens (including phenoxy) is 2. The number of alkyl halides is 2. The van der Waals surface area contributed by atoms with Crippen LogP contribution in [0.2, 0.25) is 0 Å². The molecule has 0 radical (unpaired) electrons. The molecule has 0 saturated heterocycles. The standard InChI is InChI=1S/C26H48I2O4/c1-23(27)25(29)31-21-19-17-15-13-11-9-7-5-3-4-6-8-10-12-14-16-18-20-22-32-26(30)24(2)28/h23-24H,3-22H2,1-2H3. The Hall–Kier alpha value is 0.400. The maximum atomic E-state index is 11.3. The van der Waals surface area contributed by atoms with E-state index in [1.165, 1.54) is 103 Å². The summed E-state index contributed by atoms with van der Waals surface area (Å²) < 4.78 is 10.3. The van der Waals surface area contributed by atoms with Gasteiger partial charge in [0.2, 0.25) is 0 Å². The second-order valence-electron chi connectivity index (χ2n) is 8.93. The molecule has 0 rings (SSSR count). The van der Waals surface area contributed by atoms with Crippen LogP contribution in [-0.2, 0) is 19.1 Å².